The number of carbonyl (C=O) groups is 1. The molecule has 1 aromatic carbocycles. The molecule has 16 heavy (non-hydrogen) atoms. The van der Waals surface area contributed by atoms with Crippen LogP contribution in [0.2, 0.25) is 0 Å². The van der Waals surface area contributed by atoms with E-state index in [1.807, 2.05) is 35.2 Å². The second-order valence-corrected chi connectivity index (χ2v) is 4.44. The van der Waals surface area contributed by atoms with Gasteiger partial charge < -0.3 is 4.90 Å². The fourth-order valence-electron chi connectivity index (χ4n) is 2.37. The molecule has 0 bridgehead atoms. The molecule has 0 unspecified atom stereocenters. The number of para-hydroxylation sites is 1. The van der Waals surface area contributed by atoms with Gasteiger partial charge in [0.25, 0.3) is 0 Å². The van der Waals surface area contributed by atoms with Gasteiger partial charge >= 0.3 is 0 Å². The van der Waals surface area contributed by atoms with Crippen LogP contribution < -0.4 is 4.90 Å². The zero-order valence-corrected chi connectivity index (χ0v) is 9.99. The van der Waals surface area contributed by atoms with Gasteiger partial charge in [0.05, 0.1) is 0 Å². The van der Waals surface area contributed by atoms with Crippen LogP contribution in [0.25, 0.3) is 0 Å². The summed E-state index contributed by atoms with van der Waals surface area (Å²) in [5.74, 6) is 0.0746. The number of nitrogens with zero attached hydrogens (tertiary/aromatic N) is 1. The second-order valence-electron chi connectivity index (χ2n) is 4.17. The van der Waals surface area contributed by atoms with Crippen molar-refractivity contribution in [1.29, 1.82) is 0 Å². The Hall–Kier alpha value is -1.02. The molecule has 0 spiro atoms. The average Bonchev–Trinajstić information content (AvgIpc) is 2.84. The summed E-state index contributed by atoms with van der Waals surface area (Å²) in [5, 5.41) is 0. The number of benzene rings is 1. The largest absolute Gasteiger partial charge is 0.308 e. The molecule has 2 nitrogen and oxygen atoms in total. The summed E-state index contributed by atoms with van der Waals surface area (Å²) in [6.07, 6.45) is 4.61. The van der Waals surface area contributed by atoms with Crippen LogP contribution in [-0.4, -0.2) is 17.8 Å². The first-order valence-corrected chi connectivity index (χ1v) is 6.29. The van der Waals surface area contributed by atoms with Gasteiger partial charge in [-0.05, 0) is 25.0 Å². The summed E-state index contributed by atoms with van der Waals surface area (Å²) in [6.45, 7) is 0. The van der Waals surface area contributed by atoms with Crippen molar-refractivity contribution in [2.75, 3.05) is 10.8 Å². The van der Waals surface area contributed by atoms with E-state index in [9.17, 15) is 4.79 Å². The van der Waals surface area contributed by atoms with Gasteiger partial charge in [0.2, 0.25) is 5.91 Å². The van der Waals surface area contributed by atoms with Crippen molar-refractivity contribution in [2.45, 2.75) is 31.7 Å². The highest BCUT2D eigenvalue weighted by Gasteiger charge is 2.27. The van der Waals surface area contributed by atoms with Gasteiger partial charge in [-0.2, -0.15) is 0 Å². The first-order valence-electron chi connectivity index (χ1n) is 5.76. The third kappa shape index (κ3) is 2.38. The number of hydrogen-bond donors (Lipinski definition) is 0. The molecule has 0 heterocycles. The summed E-state index contributed by atoms with van der Waals surface area (Å²) in [4.78, 5) is 13.8. The Balaban J connectivity index is 2.24. The lowest BCUT2D eigenvalue weighted by Gasteiger charge is -2.28. The van der Waals surface area contributed by atoms with Gasteiger partial charge in [-0.15, -0.1) is 11.6 Å². The highest BCUT2D eigenvalue weighted by molar-refractivity contribution is 6.29. The van der Waals surface area contributed by atoms with E-state index in [0.717, 1.165) is 18.5 Å². The van der Waals surface area contributed by atoms with Crippen molar-refractivity contribution in [2.24, 2.45) is 0 Å². The Kier molecular flexibility index (Phi) is 3.83. The molecular weight excluding hydrogens is 222 g/mol. The predicted octanol–water partition coefficient (Wildman–Crippen LogP) is 3.20. The maximum atomic E-state index is 11.9. The molecule has 0 aliphatic heterocycles. The zero-order chi connectivity index (χ0) is 11.4. The van der Waals surface area contributed by atoms with Crippen LogP contribution in [0.3, 0.4) is 0 Å². The third-order valence-electron chi connectivity index (χ3n) is 3.11. The van der Waals surface area contributed by atoms with Crippen molar-refractivity contribution >= 4 is 23.2 Å². The summed E-state index contributed by atoms with van der Waals surface area (Å²) >= 11 is 5.68. The van der Waals surface area contributed by atoms with Gasteiger partial charge in [-0.1, -0.05) is 31.0 Å². The molecule has 0 N–H and O–H groups in total. The van der Waals surface area contributed by atoms with Gasteiger partial charge in [-0.25, -0.2) is 0 Å². The van der Waals surface area contributed by atoms with Gasteiger partial charge in [0.15, 0.2) is 0 Å². The molecule has 86 valence electrons. The quantitative estimate of drug-likeness (QED) is 0.740. The number of carbonyl (C=O) groups excluding carboxylic acids is 1. The molecule has 0 atom stereocenters. The molecule has 1 aliphatic rings. The van der Waals surface area contributed by atoms with E-state index < -0.39 is 0 Å². The monoisotopic (exact) mass is 237 g/mol. The molecule has 1 aromatic rings. The number of amides is 1. The van der Waals surface area contributed by atoms with E-state index in [0.29, 0.717) is 6.04 Å². The van der Waals surface area contributed by atoms with E-state index in [4.69, 9.17) is 11.6 Å². The number of alkyl halides is 1. The van der Waals surface area contributed by atoms with Crippen LogP contribution in [0.1, 0.15) is 25.7 Å². The lowest BCUT2D eigenvalue weighted by molar-refractivity contribution is -0.116. The van der Waals surface area contributed by atoms with E-state index in [1.165, 1.54) is 12.8 Å². The summed E-state index contributed by atoms with van der Waals surface area (Å²) in [7, 11) is 0. The number of anilines is 1. The van der Waals surface area contributed by atoms with E-state index in [2.05, 4.69) is 0 Å². The molecule has 3 heteroatoms. The van der Waals surface area contributed by atoms with Crippen LogP contribution >= 0.6 is 11.6 Å². The lowest BCUT2D eigenvalue weighted by atomic mass is 10.1. The summed E-state index contributed by atoms with van der Waals surface area (Å²) in [6, 6.07) is 10.2. The number of rotatable bonds is 3. The van der Waals surface area contributed by atoms with E-state index in [-0.39, 0.29) is 11.8 Å². The van der Waals surface area contributed by atoms with Gasteiger partial charge in [0.1, 0.15) is 5.88 Å². The fourth-order valence-corrected chi connectivity index (χ4v) is 2.50. The minimum absolute atomic E-state index is 0.0137. The van der Waals surface area contributed by atoms with Crippen molar-refractivity contribution in [3.8, 4) is 0 Å². The predicted molar refractivity (Wildman–Crippen MR) is 66.9 cm³/mol. The van der Waals surface area contributed by atoms with Gasteiger partial charge in [-0.3, -0.25) is 4.79 Å². The molecular formula is C13H16ClNO. The van der Waals surface area contributed by atoms with Crippen LogP contribution in [-0.2, 0) is 4.79 Å². The van der Waals surface area contributed by atoms with Crippen molar-refractivity contribution in [1.82, 2.24) is 0 Å². The van der Waals surface area contributed by atoms with Crippen LogP contribution in [0.5, 0.6) is 0 Å². The normalized spacial score (nSPS) is 16.3. The molecule has 1 fully saturated rings. The first kappa shape index (κ1) is 11.5. The van der Waals surface area contributed by atoms with Crippen molar-refractivity contribution in [3.05, 3.63) is 30.3 Å². The fraction of sp³-hybridized carbons (Fsp3) is 0.462. The van der Waals surface area contributed by atoms with E-state index >= 15 is 0 Å². The molecule has 0 saturated heterocycles. The molecule has 2 rings (SSSR count). The summed E-state index contributed by atoms with van der Waals surface area (Å²) in [5.41, 5.74) is 0.972. The van der Waals surface area contributed by atoms with Crippen LogP contribution in [0.4, 0.5) is 5.69 Å². The minimum Gasteiger partial charge on any atom is -0.308 e. The number of halogens is 1. The third-order valence-corrected chi connectivity index (χ3v) is 3.34. The SMILES string of the molecule is O=C(CCl)N(c1ccccc1)C1CCCC1. The molecule has 1 aliphatic carbocycles. The van der Waals surface area contributed by atoms with Gasteiger partial charge in [0, 0.05) is 11.7 Å². The van der Waals surface area contributed by atoms with E-state index in [1.54, 1.807) is 0 Å². The molecule has 1 amide bonds. The highest BCUT2D eigenvalue weighted by Crippen LogP contribution is 2.28. The lowest BCUT2D eigenvalue weighted by Crippen LogP contribution is -2.39. The first-order chi connectivity index (χ1) is 7.83. The maximum Gasteiger partial charge on any atom is 0.242 e. The Morgan fingerprint density at radius 2 is 1.88 bits per heavy atom. The second kappa shape index (κ2) is 5.35. The highest BCUT2D eigenvalue weighted by atomic mass is 35.5. The summed E-state index contributed by atoms with van der Waals surface area (Å²) < 4.78 is 0. The topological polar surface area (TPSA) is 20.3 Å². The number of hydrogen-bond acceptors (Lipinski definition) is 1. The maximum absolute atomic E-state index is 11.9. The average molecular weight is 238 g/mol. The van der Waals surface area contributed by atoms with Crippen LogP contribution in [0.15, 0.2) is 30.3 Å². The Morgan fingerprint density at radius 1 is 1.25 bits per heavy atom. The zero-order valence-electron chi connectivity index (χ0n) is 9.23. The standard InChI is InChI=1S/C13H16ClNO/c14-10-13(16)15(12-8-4-5-9-12)11-6-2-1-3-7-11/h1-3,6-7,12H,4-5,8-10H2. The molecule has 0 radical (unpaired) electrons. The smallest absolute Gasteiger partial charge is 0.242 e. The molecule has 1 saturated carbocycles. The van der Waals surface area contributed by atoms with Crippen LogP contribution in [0, 0.1) is 0 Å². The Labute approximate surface area is 101 Å². The Morgan fingerprint density at radius 3 is 2.44 bits per heavy atom. The van der Waals surface area contributed by atoms with Crippen molar-refractivity contribution in [3.63, 3.8) is 0 Å². The minimum atomic E-state index is 0.0137. The molecule has 0 aromatic heterocycles. The Bertz CT molecular complexity index is 346. The van der Waals surface area contributed by atoms with Crippen molar-refractivity contribution < 1.29 is 4.79 Å².